The number of benzene rings is 1. The third-order valence-corrected chi connectivity index (χ3v) is 8.60. The van der Waals surface area contributed by atoms with Gasteiger partial charge in [-0.1, -0.05) is 0 Å². The van der Waals surface area contributed by atoms with Crippen LogP contribution in [-0.4, -0.2) is 119 Å². The van der Waals surface area contributed by atoms with Crippen molar-refractivity contribution in [2.45, 2.75) is 24.5 Å². The summed E-state index contributed by atoms with van der Waals surface area (Å²) in [6, 6.07) is -0.0407. The number of Topliss-reactive ketones (excluding diaryl/α,β-unsaturated/α-hetero) is 1. The quantitative estimate of drug-likeness (QED) is 0.190. The number of morpholine rings is 1. The van der Waals surface area contributed by atoms with Crippen LogP contribution in [0.15, 0.2) is 28.7 Å². The first-order valence-corrected chi connectivity index (χ1v) is 13.2. The Morgan fingerprint density at radius 3 is 2.54 bits per heavy atom. The summed E-state index contributed by atoms with van der Waals surface area (Å²) in [5.41, 5.74) is 1.17. The van der Waals surface area contributed by atoms with Gasteiger partial charge in [0.2, 0.25) is 0 Å². The van der Waals surface area contributed by atoms with E-state index in [0.29, 0.717) is 26.3 Å². The molecule has 0 bridgehead atoms. The number of hydrogen-bond donors (Lipinski definition) is 6. The van der Waals surface area contributed by atoms with E-state index in [-0.39, 0.29) is 41.7 Å². The number of allylic oxidation sites excluding steroid dienone is 1. The van der Waals surface area contributed by atoms with Crippen molar-refractivity contribution < 1.29 is 43.9 Å². The third-order valence-electron chi connectivity index (χ3n) is 8.60. The minimum absolute atomic E-state index is 0.00270. The molecule has 14 heteroatoms. The number of anilines is 1. The molecule has 0 unspecified atom stereocenters. The molecule has 7 N–H and O–H groups in total. The van der Waals surface area contributed by atoms with Crippen LogP contribution in [-0.2, 0) is 20.7 Å². The van der Waals surface area contributed by atoms with E-state index < -0.39 is 75.3 Å². The number of likely N-dealkylation sites (N-methyl/N-ethyl adjacent to an activating group) is 1. The van der Waals surface area contributed by atoms with E-state index >= 15 is 4.39 Å². The Morgan fingerprint density at radius 1 is 1.27 bits per heavy atom. The molecular weight excluding hydrogens is 538 g/mol. The van der Waals surface area contributed by atoms with Gasteiger partial charge >= 0.3 is 205 Å². The van der Waals surface area contributed by atoms with Gasteiger partial charge in [0.1, 0.15) is 0 Å². The summed E-state index contributed by atoms with van der Waals surface area (Å²) in [6.07, 6.45) is -0.120. The van der Waals surface area contributed by atoms with Crippen LogP contribution in [0.2, 0.25) is 0 Å². The second-order valence-corrected chi connectivity index (χ2v) is 11.2. The van der Waals surface area contributed by atoms with Crippen LogP contribution in [0.3, 0.4) is 0 Å². The number of ketones is 1. The summed E-state index contributed by atoms with van der Waals surface area (Å²) in [5.74, 6) is -7.05. The van der Waals surface area contributed by atoms with Crippen molar-refractivity contribution >= 4 is 36.2 Å². The minimum atomic E-state index is -2.36. The summed E-state index contributed by atoms with van der Waals surface area (Å²) in [6.45, 7) is 1.95. The average Bonchev–Trinajstić information content (AvgIpc) is 2.89. The Balaban J connectivity index is 1.56. The number of phenolic OH excluding ortho intramolecular Hbond substituents is 1. The first-order chi connectivity index (χ1) is 19.3. The number of nitrogens with one attached hydrogen (secondary N) is 1. The fraction of sp³-hybridized carbons (Fsp3) is 0.481. The topological polar surface area (TPSA) is 186 Å². The number of aromatic hydroxyl groups is 1. The van der Waals surface area contributed by atoms with Crippen LogP contribution < -0.4 is 11.1 Å². The molecular formula is C27H32BFN4O8. The van der Waals surface area contributed by atoms with Crippen molar-refractivity contribution in [1.82, 2.24) is 9.80 Å². The number of fused-ring (bicyclic) bond motifs is 3. The van der Waals surface area contributed by atoms with Crippen LogP contribution in [0.4, 0.5) is 10.1 Å². The fourth-order valence-corrected chi connectivity index (χ4v) is 6.69. The Hall–Kier alpha value is -3.59. The molecule has 1 aromatic rings. The number of aliphatic hydroxyl groups excluding tert-OH is 2. The normalized spacial score (nSPS) is 28.3. The van der Waals surface area contributed by atoms with Crippen molar-refractivity contribution in [1.29, 1.82) is 0 Å². The van der Waals surface area contributed by atoms with Gasteiger partial charge in [-0.15, -0.1) is 0 Å². The number of hydrogen-bond acceptors (Lipinski definition) is 10. The number of primary amides is 1. The zero-order chi connectivity index (χ0) is 30.0. The summed E-state index contributed by atoms with van der Waals surface area (Å²) in [7, 11) is 6.93. The van der Waals surface area contributed by atoms with Crippen LogP contribution in [0.1, 0.15) is 22.3 Å². The molecule has 1 aromatic carbocycles. The van der Waals surface area contributed by atoms with Crippen LogP contribution in [0, 0.1) is 17.7 Å². The molecule has 5 rings (SSSR count). The van der Waals surface area contributed by atoms with Gasteiger partial charge < -0.3 is 4.74 Å². The number of carbonyl (C=O) groups is 3. The molecule has 4 aliphatic rings. The summed E-state index contributed by atoms with van der Waals surface area (Å²) in [5, 5.41) is 47.8. The fourth-order valence-electron chi connectivity index (χ4n) is 6.69. The van der Waals surface area contributed by atoms with Crippen molar-refractivity contribution in [2.24, 2.45) is 17.6 Å². The van der Waals surface area contributed by atoms with Gasteiger partial charge in [0.15, 0.2) is 0 Å². The summed E-state index contributed by atoms with van der Waals surface area (Å²) in [4.78, 5) is 42.1. The van der Waals surface area contributed by atoms with E-state index in [9.17, 15) is 34.8 Å². The monoisotopic (exact) mass is 570 g/mol. The number of rotatable bonds is 5. The van der Waals surface area contributed by atoms with Gasteiger partial charge in [-0.3, -0.25) is 0 Å². The maximum absolute atomic E-state index is 15.4. The van der Waals surface area contributed by atoms with Gasteiger partial charge in [-0.2, -0.15) is 0 Å². The van der Waals surface area contributed by atoms with Crippen molar-refractivity contribution in [2.75, 3.05) is 52.3 Å². The van der Waals surface area contributed by atoms with Crippen LogP contribution in [0.25, 0.3) is 0 Å². The molecule has 0 radical (unpaired) electrons. The van der Waals surface area contributed by atoms with Crippen molar-refractivity contribution in [3.63, 3.8) is 0 Å². The Morgan fingerprint density at radius 2 is 1.93 bits per heavy atom. The number of aliphatic hydroxyl groups is 3. The van der Waals surface area contributed by atoms with E-state index in [4.69, 9.17) is 10.5 Å². The van der Waals surface area contributed by atoms with Gasteiger partial charge in [0, 0.05) is 13.1 Å². The molecule has 4 atom stereocenters. The molecule has 41 heavy (non-hydrogen) atoms. The number of nitrogens with two attached hydrogens (primary N) is 1. The van der Waals surface area contributed by atoms with Crippen molar-refractivity contribution in [3.8, 4) is 5.75 Å². The number of carbonyl (C=O) groups excluding carboxylic acids is 3. The molecule has 0 aromatic heterocycles. The van der Waals surface area contributed by atoms with E-state index in [1.54, 1.807) is 14.1 Å². The predicted molar refractivity (Wildman–Crippen MR) is 147 cm³/mol. The standard InChI is InChI=1S/C27H32BFN4O8/c1-32(2)20-13-8-11-7-12-14(29)9-15(31-16(34)10-33-3-5-41-6-4-33)21(35)18(12)22(36)17(11)25(38)27(13,40)24(28)19(23(20)37)26(30)39/h9,11,13,20,28,35,37-38,40H,3-8,10H2,1-2H3,(H2,30,39)(H,31,34)/t11-,13-,20-,27+/m0/s1. The van der Waals surface area contributed by atoms with E-state index in [2.05, 4.69) is 12.8 Å². The Labute approximate surface area is 235 Å². The number of phenols is 1. The third kappa shape index (κ3) is 4.45. The molecule has 3 aliphatic carbocycles. The van der Waals surface area contributed by atoms with Crippen molar-refractivity contribution in [3.05, 3.63) is 45.7 Å². The maximum atomic E-state index is 15.4. The zero-order valence-electron chi connectivity index (χ0n) is 22.7. The molecule has 218 valence electrons. The first kappa shape index (κ1) is 28.9. The second-order valence-electron chi connectivity index (χ2n) is 11.2. The number of nitrogens with zero attached hydrogens (tertiary/aromatic N) is 2. The Kier molecular flexibility index (Phi) is 7.31. The summed E-state index contributed by atoms with van der Waals surface area (Å²) < 4.78 is 20.7. The number of ether oxygens (including phenoxy) is 1. The van der Waals surface area contributed by atoms with E-state index in [1.165, 1.54) is 4.90 Å². The second kappa shape index (κ2) is 10.4. The van der Waals surface area contributed by atoms with Gasteiger partial charge in [-0.25, -0.2) is 0 Å². The van der Waals surface area contributed by atoms with E-state index in [0.717, 1.165) is 6.07 Å². The van der Waals surface area contributed by atoms with E-state index in [1.807, 2.05) is 4.90 Å². The molecule has 1 aliphatic heterocycles. The molecule has 1 fully saturated rings. The van der Waals surface area contributed by atoms with Crippen LogP contribution in [0.5, 0.6) is 5.75 Å². The Bertz CT molecular complexity index is 1440. The van der Waals surface area contributed by atoms with Gasteiger partial charge in [0.05, 0.1) is 13.2 Å². The first-order valence-electron chi connectivity index (χ1n) is 13.2. The van der Waals surface area contributed by atoms with Gasteiger partial charge in [-0.05, 0) is 0 Å². The molecule has 0 spiro atoms. The van der Waals surface area contributed by atoms with Crippen LogP contribution >= 0.6 is 0 Å². The molecule has 1 heterocycles. The molecule has 1 saturated heterocycles. The molecule has 12 nitrogen and oxygen atoms in total. The number of halogens is 1. The molecule has 2 amide bonds. The van der Waals surface area contributed by atoms with Gasteiger partial charge in [0.25, 0.3) is 0 Å². The predicted octanol–water partition coefficient (Wildman–Crippen LogP) is -0.965. The molecule has 0 saturated carbocycles. The summed E-state index contributed by atoms with van der Waals surface area (Å²) >= 11 is 0. The SMILES string of the molecule is B=C1C(C(N)=O)=C(O)[C@@H](N(C)C)[C@@H]2C[C@@H]3Cc4c(F)cc(NC(=O)CN5CCOCC5)c(O)c4C(=O)C3=C(O)[C@]12O. The average molecular weight is 570 g/mol. The zero-order valence-corrected chi connectivity index (χ0v) is 22.7. The number of amides is 2.